The van der Waals surface area contributed by atoms with Crippen LogP contribution >= 0.6 is 11.8 Å². The molecule has 1 heterocycles. The Labute approximate surface area is 109 Å². The van der Waals surface area contributed by atoms with Gasteiger partial charge in [0.05, 0.1) is 18.5 Å². The van der Waals surface area contributed by atoms with Crippen molar-refractivity contribution in [3.05, 3.63) is 42.6 Å². The summed E-state index contributed by atoms with van der Waals surface area (Å²) in [5.74, 6) is 0.691. The van der Waals surface area contributed by atoms with E-state index in [0.717, 1.165) is 16.3 Å². The average molecular weight is 263 g/mol. The summed E-state index contributed by atoms with van der Waals surface area (Å²) < 4.78 is 5.14. The van der Waals surface area contributed by atoms with Gasteiger partial charge < -0.3 is 15.5 Å². The van der Waals surface area contributed by atoms with Crippen LogP contribution in [0.25, 0.3) is 0 Å². The first kappa shape index (κ1) is 12.5. The first-order valence-corrected chi connectivity index (χ1v) is 6.35. The summed E-state index contributed by atoms with van der Waals surface area (Å²) in [6.07, 6.45) is 3.05. The Kier molecular flexibility index (Phi) is 4.25. The number of primary amides is 1. The molecule has 0 bridgehead atoms. The van der Waals surface area contributed by atoms with E-state index in [-0.39, 0.29) is 11.7 Å². The van der Waals surface area contributed by atoms with Crippen molar-refractivity contribution in [2.75, 3.05) is 11.1 Å². The third kappa shape index (κ3) is 3.53. The van der Waals surface area contributed by atoms with E-state index >= 15 is 0 Å². The Hall–Kier alpha value is -1.95. The van der Waals surface area contributed by atoms with Gasteiger partial charge in [-0.15, -0.1) is 11.8 Å². The lowest BCUT2D eigenvalue weighted by Gasteiger charge is -2.09. The number of para-hydroxylation sites is 1. The molecule has 0 radical (unpaired) electrons. The van der Waals surface area contributed by atoms with Crippen LogP contribution in [0.3, 0.4) is 0 Å². The molecule has 94 valence electrons. The van der Waals surface area contributed by atoms with Crippen LogP contribution in [0.4, 0.5) is 5.69 Å². The van der Waals surface area contributed by atoms with Gasteiger partial charge in [-0.25, -0.2) is 4.98 Å². The molecule has 18 heavy (non-hydrogen) atoms. The van der Waals surface area contributed by atoms with E-state index in [1.807, 2.05) is 24.3 Å². The number of nitrogens with zero attached hydrogens (tertiary/aromatic N) is 1. The summed E-state index contributed by atoms with van der Waals surface area (Å²) in [5.41, 5.74) is 6.08. The van der Waals surface area contributed by atoms with Crippen LogP contribution in [0.2, 0.25) is 0 Å². The maximum atomic E-state index is 10.8. The van der Waals surface area contributed by atoms with E-state index in [1.54, 1.807) is 6.20 Å². The number of oxazole rings is 1. The molecule has 2 rings (SSSR count). The molecule has 0 fully saturated rings. The number of benzene rings is 1. The molecule has 0 unspecified atom stereocenters. The molecule has 1 aromatic heterocycles. The zero-order valence-corrected chi connectivity index (χ0v) is 10.4. The molecule has 1 aromatic carbocycles. The van der Waals surface area contributed by atoms with Crippen molar-refractivity contribution in [3.8, 4) is 0 Å². The second-order valence-corrected chi connectivity index (χ2v) is 4.59. The average Bonchev–Trinajstić information content (AvgIpc) is 2.88. The van der Waals surface area contributed by atoms with Gasteiger partial charge in [-0.2, -0.15) is 0 Å². The Balaban J connectivity index is 2.00. The van der Waals surface area contributed by atoms with Gasteiger partial charge in [0.25, 0.3) is 0 Å². The van der Waals surface area contributed by atoms with Gasteiger partial charge in [0, 0.05) is 10.6 Å². The third-order valence-corrected chi connectivity index (χ3v) is 3.29. The second kappa shape index (κ2) is 6.11. The van der Waals surface area contributed by atoms with Crippen LogP contribution in [-0.2, 0) is 11.3 Å². The Morgan fingerprint density at radius 1 is 1.44 bits per heavy atom. The minimum atomic E-state index is -0.329. The number of anilines is 1. The van der Waals surface area contributed by atoms with Crippen LogP contribution in [0.1, 0.15) is 5.76 Å². The number of carbonyl (C=O) groups is 1. The lowest BCUT2D eigenvalue weighted by atomic mass is 10.3. The largest absolute Gasteiger partial charge is 0.447 e. The summed E-state index contributed by atoms with van der Waals surface area (Å²) in [6.45, 7) is 0.550. The monoisotopic (exact) mass is 263 g/mol. The summed E-state index contributed by atoms with van der Waals surface area (Å²) >= 11 is 1.41. The van der Waals surface area contributed by atoms with E-state index in [2.05, 4.69) is 10.3 Å². The highest BCUT2D eigenvalue weighted by atomic mass is 32.2. The predicted octanol–water partition coefficient (Wildman–Crippen LogP) is 1.86. The second-order valence-electron chi connectivity index (χ2n) is 3.57. The fourth-order valence-electron chi connectivity index (χ4n) is 1.40. The molecule has 3 N–H and O–H groups in total. The number of carbonyl (C=O) groups excluding carboxylic acids is 1. The maximum absolute atomic E-state index is 10.8. The van der Waals surface area contributed by atoms with Gasteiger partial charge in [0.2, 0.25) is 5.91 Å². The van der Waals surface area contributed by atoms with Crippen LogP contribution in [0, 0.1) is 0 Å². The van der Waals surface area contributed by atoms with Crippen molar-refractivity contribution in [2.45, 2.75) is 11.4 Å². The van der Waals surface area contributed by atoms with Crippen molar-refractivity contribution >= 4 is 23.4 Å². The standard InChI is InChI=1S/C12H13N3O2S/c13-12(16)7-18-11-4-2-1-3-10(11)15-6-9-5-14-8-17-9/h1-5,8,15H,6-7H2,(H2,13,16). The molecule has 0 saturated carbocycles. The van der Waals surface area contributed by atoms with Gasteiger partial charge in [-0.1, -0.05) is 12.1 Å². The number of aromatic nitrogens is 1. The van der Waals surface area contributed by atoms with Crippen molar-refractivity contribution in [2.24, 2.45) is 5.73 Å². The predicted molar refractivity (Wildman–Crippen MR) is 70.2 cm³/mol. The molecule has 1 amide bonds. The molecule has 0 spiro atoms. The number of amides is 1. The van der Waals surface area contributed by atoms with Crippen molar-refractivity contribution in [3.63, 3.8) is 0 Å². The summed E-state index contributed by atoms with van der Waals surface area (Å²) in [4.78, 5) is 15.6. The van der Waals surface area contributed by atoms with E-state index in [9.17, 15) is 4.79 Å². The van der Waals surface area contributed by atoms with Gasteiger partial charge in [0.1, 0.15) is 5.76 Å². The van der Waals surface area contributed by atoms with Crippen molar-refractivity contribution in [1.29, 1.82) is 0 Å². The van der Waals surface area contributed by atoms with Crippen LogP contribution < -0.4 is 11.1 Å². The number of rotatable bonds is 6. The molecule has 0 aliphatic rings. The van der Waals surface area contributed by atoms with E-state index in [1.165, 1.54) is 18.2 Å². The molecule has 6 heteroatoms. The minimum absolute atomic E-state index is 0.265. The van der Waals surface area contributed by atoms with Gasteiger partial charge >= 0.3 is 0 Å². The first-order chi connectivity index (χ1) is 8.75. The number of thioether (sulfide) groups is 1. The summed E-state index contributed by atoms with van der Waals surface area (Å²) in [6, 6.07) is 7.73. The number of nitrogens with two attached hydrogens (primary N) is 1. The Morgan fingerprint density at radius 3 is 3.00 bits per heavy atom. The van der Waals surface area contributed by atoms with Crippen molar-refractivity contribution in [1.82, 2.24) is 4.98 Å². The van der Waals surface area contributed by atoms with Gasteiger partial charge in [-0.05, 0) is 12.1 Å². The number of hydrogen-bond donors (Lipinski definition) is 2. The quantitative estimate of drug-likeness (QED) is 0.777. The zero-order chi connectivity index (χ0) is 12.8. The number of nitrogens with one attached hydrogen (secondary N) is 1. The van der Waals surface area contributed by atoms with E-state index in [4.69, 9.17) is 10.2 Å². The molecule has 0 aliphatic carbocycles. The fraction of sp³-hybridized carbons (Fsp3) is 0.167. The molecule has 5 nitrogen and oxygen atoms in total. The minimum Gasteiger partial charge on any atom is -0.447 e. The smallest absolute Gasteiger partial charge is 0.227 e. The Bertz CT molecular complexity index is 514. The van der Waals surface area contributed by atoms with Crippen LogP contribution in [0.15, 0.2) is 46.2 Å². The van der Waals surface area contributed by atoms with E-state index in [0.29, 0.717) is 6.54 Å². The zero-order valence-electron chi connectivity index (χ0n) is 9.63. The molecular formula is C12H13N3O2S. The lowest BCUT2D eigenvalue weighted by molar-refractivity contribution is -0.115. The topological polar surface area (TPSA) is 81.2 Å². The third-order valence-electron chi connectivity index (χ3n) is 2.19. The fourth-order valence-corrected chi connectivity index (χ4v) is 2.17. The van der Waals surface area contributed by atoms with E-state index < -0.39 is 0 Å². The maximum Gasteiger partial charge on any atom is 0.227 e. The normalized spacial score (nSPS) is 10.2. The molecule has 0 saturated heterocycles. The van der Waals surface area contributed by atoms with Crippen molar-refractivity contribution < 1.29 is 9.21 Å². The highest BCUT2D eigenvalue weighted by molar-refractivity contribution is 8.00. The van der Waals surface area contributed by atoms with Gasteiger partial charge in [0.15, 0.2) is 6.39 Å². The Morgan fingerprint density at radius 2 is 2.28 bits per heavy atom. The molecule has 0 aliphatic heterocycles. The number of hydrogen-bond acceptors (Lipinski definition) is 5. The molecule has 2 aromatic rings. The highest BCUT2D eigenvalue weighted by Gasteiger charge is 2.05. The highest BCUT2D eigenvalue weighted by Crippen LogP contribution is 2.26. The molecule has 0 atom stereocenters. The first-order valence-electron chi connectivity index (χ1n) is 5.37. The lowest BCUT2D eigenvalue weighted by Crippen LogP contribution is -2.13. The van der Waals surface area contributed by atoms with Gasteiger partial charge in [-0.3, -0.25) is 4.79 Å². The van der Waals surface area contributed by atoms with Crippen LogP contribution in [0.5, 0.6) is 0 Å². The SMILES string of the molecule is NC(=O)CSc1ccccc1NCc1cnco1. The summed E-state index contributed by atoms with van der Waals surface area (Å²) in [7, 11) is 0. The molecular weight excluding hydrogens is 250 g/mol. The van der Waals surface area contributed by atoms with Crippen LogP contribution in [-0.4, -0.2) is 16.6 Å². The summed E-state index contributed by atoms with van der Waals surface area (Å²) in [5, 5.41) is 3.23.